The quantitative estimate of drug-likeness (QED) is 0.406. The average molecular weight is 380 g/mol. The van der Waals surface area contributed by atoms with Crippen molar-refractivity contribution in [2.24, 2.45) is 12.0 Å². The first-order valence-corrected chi connectivity index (χ1v) is 11.2. The van der Waals surface area contributed by atoms with Gasteiger partial charge in [0.05, 0.1) is 0 Å². The van der Waals surface area contributed by atoms with Crippen molar-refractivity contribution in [2.45, 2.75) is 57.7 Å². The lowest BCUT2D eigenvalue weighted by molar-refractivity contribution is 0.197. The molecule has 1 aliphatic heterocycles. The summed E-state index contributed by atoms with van der Waals surface area (Å²) in [6.07, 6.45) is 8.50. The van der Waals surface area contributed by atoms with Crippen molar-refractivity contribution in [2.75, 3.05) is 31.6 Å². The minimum absolute atomic E-state index is 0.512. The number of rotatable bonds is 8. The van der Waals surface area contributed by atoms with Crippen LogP contribution in [0.2, 0.25) is 0 Å². The lowest BCUT2D eigenvalue weighted by Gasteiger charge is -2.33. The maximum absolute atomic E-state index is 4.78. The molecule has 0 amide bonds. The molecule has 2 aliphatic rings. The van der Waals surface area contributed by atoms with Crippen LogP contribution in [-0.2, 0) is 13.6 Å². The molecule has 0 unspecified atom stereocenters. The van der Waals surface area contributed by atoms with Crippen LogP contribution in [0.15, 0.2) is 4.99 Å². The van der Waals surface area contributed by atoms with Crippen LogP contribution in [0.5, 0.6) is 0 Å². The van der Waals surface area contributed by atoms with Gasteiger partial charge in [0, 0.05) is 38.8 Å². The van der Waals surface area contributed by atoms with E-state index in [1.54, 1.807) is 0 Å². The van der Waals surface area contributed by atoms with Crippen LogP contribution in [0.4, 0.5) is 0 Å². The first-order valence-electron chi connectivity index (χ1n) is 9.80. The summed E-state index contributed by atoms with van der Waals surface area (Å²) >= 11 is 1.89. The fourth-order valence-corrected chi connectivity index (χ4v) is 3.79. The van der Waals surface area contributed by atoms with E-state index < -0.39 is 0 Å². The molecule has 1 saturated heterocycles. The van der Waals surface area contributed by atoms with Gasteiger partial charge >= 0.3 is 0 Å². The molecule has 2 N–H and O–H groups in total. The van der Waals surface area contributed by atoms with Crippen molar-refractivity contribution in [3.63, 3.8) is 0 Å². The van der Waals surface area contributed by atoms with Crippen LogP contribution < -0.4 is 10.6 Å². The van der Waals surface area contributed by atoms with Crippen molar-refractivity contribution in [1.82, 2.24) is 30.3 Å². The lowest BCUT2D eigenvalue weighted by atomic mass is 10.1. The number of aliphatic imine (C=N–C) groups is 1. The molecule has 0 atom stereocenters. The van der Waals surface area contributed by atoms with E-state index in [4.69, 9.17) is 4.99 Å². The molecule has 2 fully saturated rings. The molecule has 0 radical (unpaired) electrons. The van der Waals surface area contributed by atoms with Gasteiger partial charge in [0.2, 0.25) is 0 Å². The Labute approximate surface area is 161 Å². The summed E-state index contributed by atoms with van der Waals surface area (Å²) < 4.78 is 2.00. The Bertz CT molecular complexity index is 588. The highest BCUT2D eigenvalue weighted by Crippen LogP contribution is 2.29. The van der Waals surface area contributed by atoms with Crippen LogP contribution in [0.1, 0.15) is 43.8 Å². The molecule has 146 valence electrons. The first kappa shape index (κ1) is 19.5. The van der Waals surface area contributed by atoms with Crippen molar-refractivity contribution in [1.29, 1.82) is 0 Å². The fourth-order valence-electron chi connectivity index (χ4n) is 3.36. The zero-order chi connectivity index (χ0) is 18.4. The third kappa shape index (κ3) is 5.61. The van der Waals surface area contributed by atoms with Gasteiger partial charge < -0.3 is 20.1 Å². The Morgan fingerprint density at radius 3 is 2.62 bits per heavy atom. The van der Waals surface area contributed by atoms with E-state index in [1.165, 1.54) is 44.5 Å². The second-order valence-electron chi connectivity index (χ2n) is 7.35. The van der Waals surface area contributed by atoms with Crippen molar-refractivity contribution in [3.05, 3.63) is 11.6 Å². The van der Waals surface area contributed by atoms with Gasteiger partial charge in [-0.15, -0.1) is 10.2 Å². The highest BCUT2D eigenvalue weighted by atomic mass is 32.2. The Hall–Kier alpha value is -1.28. The van der Waals surface area contributed by atoms with Gasteiger partial charge in [-0.25, -0.2) is 4.99 Å². The fraction of sp³-hybridized carbons (Fsp3) is 0.833. The molecule has 8 heteroatoms. The monoisotopic (exact) mass is 379 g/mol. The van der Waals surface area contributed by atoms with E-state index in [2.05, 4.69) is 32.0 Å². The summed E-state index contributed by atoms with van der Waals surface area (Å²) in [4.78, 5) is 7.43. The topological polar surface area (TPSA) is 70.4 Å². The van der Waals surface area contributed by atoms with E-state index in [9.17, 15) is 0 Å². The van der Waals surface area contributed by atoms with Gasteiger partial charge in [0.15, 0.2) is 11.8 Å². The van der Waals surface area contributed by atoms with Gasteiger partial charge in [-0.1, -0.05) is 0 Å². The molecule has 0 spiro atoms. The maximum Gasteiger partial charge on any atom is 0.191 e. The number of nitrogens with zero attached hydrogens (tertiary/aromatic N) is 5. The smallest absolute Gasteiger partial charge is 0.191 e. The molecule has 0 bridgehead atoms. The summed E-state index contributed by atoms with van der Waals surface area (Å²) in [5, 5.41) is 15.5. The second-order valence-corrected chi connectivity index (χ2v) is 8.33. The number of likely N-dealkylation sites (tertiary alicyclic amines) is 1. The molecule has 1 aliphatic carbocycles. The maximum atomic E-state index is 4.78. The van der Waals surface area contributed by atoms with E-state index >= 15 is 0 Å². The summed E-state index contributed by atoms with van der Waals surface area (Å²) in [5.74, 6) is 3.90. The van der Waals surface area contributed by atoms with Crippen LogP contribution in [0.3, 0.4) is 0 Å². The Kier molecular flexibility index (Phi) is 7.19. The number of aryl methyl sites for hydroxylation is 1. The third-order valence-electron chi connectivity index (χ3n) is 5.31. The zero-order valence-corrected chi connectivity index (χ0v) is 17.2. The number of hydrogen-bond acceptors (Lipinski definition) is 5. The number of guanidine groups is 1. The normalized spacial score (nSPS) is 19.7. The van der Waals surface area contributed by atoms with Crippen LogP contribution in [0.25, 0.3) is 0 Å². The molecule has 1 aromatic heterocycles. The molecule has 2 heterocycles. The summed E-state index contributed by atoms with van der Waals surface area (Å²) in [6.45, 7) is 5.89. The number of nitrogens with one attached hydrogen (secondary N) is 2. The summed E-state index contributed by atoms with van der Waals surface area (Å²) in [5.41, 5.74) is 0. The van der Waals surface area contributed by atoms with E-state index in [1.807, 2.05) is 30.3 Å². The minimum Gasteiger partial charge on any atom is -0.356 e. The first-order chi connectivity index (χ1) is 12.7. The Balaban J connectivity index is 1.53. The van der Waals surface area contributed by atoms with Gasteiger partial charge in [0.1, 0.15) is 12.4 Å². The van der Waals surface area contributed by atoms with Gasteiger partial charge in [-0.05, 0) is 51.0 Å². The predicted octanol–water partition coefficient (Wildman–Crippen LogP) is 1.54. The van der Waals surface area contributed by atoms with Crippen molar-refractivity contribution < 1.29 is 0 Å². The third-order valence-corrected chi connectivity index (χ3v) is 6.01. The van der Waals surface area contributed by atoms with E-state index in [0.717, 1.165) is 36.6 Å². The van der Waals surface area contributed by atoms with Crippen molar-refractivity contribution in [3.8, 4) is 0 Å². The van der Waals surface area contributed by atoms with Crippen LogP contribution in [0, 0.1) is 6.92 Å². The SMILES string of the molecule is CSCCCNC(=NCc1nnc(C)n1C)NC1CCN(C2CC2)CC1. The Morgan fingerprint density at radius 2 is 2.00 bits per heavy atom. The molecule has 3 rings (SSSR count). The standard InChI is InChI=1S/C18H33N7S/c1-14-22-23-17(24(14)2)13-20-18(19-9-4-12-26-3)21-15-7-10-25(11-8-15)16-5-6-16/h15-16H,4-13H2,1-3H3,(H2,19,20,21). The largest absolute Gasteiger partial charge is 0.356 e. The zero-order valence-electron chi connectivity index (χ0n) is 16.4. The number of aromatic nitrogens is 3. The molecule has 0 aromatic carbocycles. The van der Waals surface area contributed by atoms with Crippen LogP contribution >= 0.6 is 11.8 Å². The highest BCUT2D eigenvalue weighted by molar-refractivity contribution is 7.98. The second kappa shape index (κ2) is 9.60. The predicted molar refractivity (Wildman–Crippen MR) is 109 cm³/mol. The van der Waals surface area contributed by atoms with E-state index in [0.29, 0.717) is 12.6 Å². The van der Waals surface area contributed by atoms with Gasteiger partial charge in [-0.3, -0.25) is 0 Å². The number of thioether (sulfide) groups is 1. The summed E-state index contributed by atoms with van der Waals surface area (Å²) in [6, 6.07) is 1.39. The lowest BCUT2D eigenvalue weighted by Crippen LogP contribution is -2.49. The van der Waals surface area contributed by atoms with Crippen molar-refractivity contribution >= 4 is 17.7 Å². The molecule has 1 aromatic rings. The van der Waals surface area contributed by atoms with E-state index in [-0.39, 0.29) is 0 Å². The molecule has 26 heavy (non-hydrogen) atoms. The molecular weight excluding hydrogens is 346 g/mol. The molecular formula is C18H33N7S. The molecule has 7 nitrogen and oxygen atoms in total. The number of hydrogen-bond donors (Lipinski definition) is 2. The van der Waals surface area contributed by atoms with Gasteiger partial charge in [0.25, 0.3) is 0 Å². The average Bonchev–Trinajstić information content (AvgIpc) is 3.45. The summed E-state index contributed by atoms with van der Waals surface area (Å²) in [7, 11) is 1.99. The van der Waals surface area contributed by atoms with Crippen LogP contribution in [-0.4, -0.2) is 69.4 Å². The van der Waals surface area contributed by atoms with Gasteiger partial charge in [-0.2, -0.15) is 11.8 Å². The molecule has 1 saturated carbocycles. The highest BCUT2D eigenvalue weighted by Gasteiger charge is 2.31. The number of piperidine rings is 1. The minimum atomic E-state index is 0.512. The Morgan fingerprint density at radius 1 is 1.23 bits per heavy atom.